The molecule has 1 aliphatic rings. The quantitative estimate of drug-likeness (QED) is 0.569. The van der Waals surface area contributed by atoms with Crippen molar-refractivity contribution in [2.24, 2.45) is 0 Å². The molecule has 0 aromatic heterocycles. The van der Waals surface area contributed by atoms with E-state index in [9.17, 15) is 0 Å². The van der Waals surface area contributed by atoms with Crippen LogP contribution in [-0.2, 0) is 18.0 Å². The number of nitrogen functional groups attached to an aromatic ring is 1. The SMILES string of the molecule is Cc1ccc(N)c2c1COC2. The van der Waals surface area contributed by atoms with Gasteiger partial charge in [0.05, 0.1) is 13.2 Å². The molecular weight excluding hydrogens is 138 g/mol. The zero-order chi connectivity index (χ0) is 7.84. The highest BCUT2D eigenvalue weighted by Gasteiger charge is 2.15. The zero-order valence-electron chi connectivity index (χ0n) is 6.55. The normalized spacial score (nSPS) is 15.0. The van der Waals surface area contributed by atoms with E-state index in [1.807, 2.05) is 12.1 Å². The van der Waals surface area contributed by atoms with Gasteiger partial charge < -0.3 is 10.5 Å². The summed E-state index contributed by atoms with van der Waals surface area (Å²) >= 11 is 0. The van der Waals surface area contributed by atoms with Crippen molar-refractivity contribution >= 4 is 5.69 Å². The first-order valence-corrected chi connectivity index (χ1v) is 3.73. The third-order valence-corrected chi connectivity index (χ3v) is 2.19. The van der Waals surface area contributed by atoms with Crippen molar-refractivity contribution in [1.82, 2.24) is 0 Å². The molecule has 0 amide bonds. The molecule has 0 spiro atoms. The second kappa shape index (κ2) is 2.24. The van der Waals surface area contributed by atoms with Gasteiger partial charge in [-0.15, -0.1) is 0 Å². The van der Waals surface area contributed by atoms with Crippen LogP contribution in [0, 0.1) is 6.92 Å². The van der Waals surface area contributed by atoms with Crippen LogP contribution in [0.3, 0.4) is 0 Å². The van der Waals surface area contributed by atoms with Gasteiger partial charge in [0.25, 0.3) is 0 Å². The van der Waals surface area contributed by atoms with Crippen LogP contribution in [0.4, 0.5) is 5.69 Å². The van der Waals surface area contributed by atoms with E-state index in [4.69, 9.17) is 10.5 Å². The maximum absolute atomic E-state index is 5.76. The van der Waals surface area contributed by atoms with Gasteiger partial charge in [0.15, 0.2) is 0 Å². The molecule has 0 saturated heterocycles. The molecule has 58 valence electrons. The van der Waals surface area contributed by atoms with Gasteiger partial charge in [-0.1, -0.05) is 6.07 Å². The van der Waals surface area contributed by atoms with Crippen LogP contribution in [0.5, 0.6) is 0 Å². The van der Waals surface area contributed by atoms with Gasteiger partial charge in [0.1, 0.15) is 0 Å². The summed E-state index contributed by atoms with van der Waals surface area (Å²) in [7, 11) is 0. The number of benzene rings is 1. The fourth-order valence-corrected chi connectivity index (χ4v) is 1.45. The van der Waals surface area contributed by atoms with E-state index in [1.165, 1.54) is 16.7 Å². The molecule has 2 heteroatoms. The van der Waals surface area contributed by atoms with Gasteiger partial charge in [0, 0.05) is 11.3 Å². The second-order valence-electron chi connectivity index (χ2n) is 2.92. The van der Waals surface area contributed by atoms with E-state index in [2.05, 4.69) is 6.92 Å². The van der Waals surface area contributed by atoms with Crippen molar-refractivity contribution in [3.8, 4) is 0 Å². The van der Waals surface area contributed by atoms with Crippen LogP contribution in [0.15, 0.2) is 12.1 Å². The van der Waals surface area contributed by atoms with E-state index < -0.39 is 0 Å². The lowest BCUT2D eigenvalue weighted by molar-refractivity contribution is 0.134. The van der Waals surface area contributed by atoms with Crippen LogP contribution >= 0.6 is 0 Å². The van der Waals surface area contributed by atoms with E-state index in [-0.39, 0.29) is 0 Å². The van der Waals surface area contributed by atoms with Crippen molar-refractivity contribution in [3.05, 3.63) is 28.8 Å². The van der Waals surface area contributed by atoms with Gasteiger partial charge >= 0.3 is 0 Å². The summed E-state index contributed by atoms with van der Waals surface area (Å²) in [5.41, 5.74) is 10.4. The number of rotatable bonds is 0. The Morgan fingerprint density at radius 3 is 2.73 bits per heavy atom. The van der Waals surface area contributed by atoms with E-state index >= 15 is 0 Å². The van der Waals surface area contributed by atoms with Gasteiger partial charge in [-0.05, 0) is 24.1 Å². The van der Waals surface area contributed by atoms with E-state index in [0.717, 1.165) is 12.3 Å². The van der Waals surface area contributed by atoms with E-state index in [1.54, 1.807) is 0 Å². The molecular formula is C9H11NO. The minimum Gasteiger partial charge on any atom is -0.398 e. The molecule has 0 atom stereocenters. The topological polar surface area (TPSA) is 35.2 Å². The Balaban J connectivity index is 2.64. The predicted molar refractivity (Wildman–Crippen MR) is 44.1 cm³/mol. The van der Waals surface area contributed by atoms with Crippen LogP contribution in [-0.4, -0.2) is 0 Å². The van der Waals surface area contributed by atoms with Crippen molar-refractivity contribution in [2.75, 3.05) is 5.73 Å². The maximum atomic E-state index is 5.76. The maximum Gasteiger partial charge on any atom is 0.0745 e. The summed E-state index contributed by atoms with van der Waals surface area (Å²) in [6.07, 6.45) is 0. The molecule has 2 N–H and O–H groups in total. The van der Waals surface area contributed by atoms with Crippen LogP contribution < -0.4 is 5.73 Å². The standard InChI is InChI=1S/C9H11NO/c1-6-2-3-9(10)8-5-11-4-7(6)8/h2-3H,4-5,10H2,1H3. The van der Waals surface area contributed by atoms with Crippen LogP contribution in [0.1, 0.15) is 16.7 Å². The Bertz CT molecular complexity index is 265. The lowest BCUT2D eigenvalue weighted by atomic mass is 10.0. The summed E-state index contributed by atoms with van der Waals surface area (Å²) in [5.74, 6) is 0. The third kappa shape index (κ3) is 0.906. The number of hydrogen-bond acceptors (Lipinski definition) is 2. The minimum atomic E-state index is 0.683. The third-order valence-electron chi connectivity index (χ3n) is 2.19. The van der Waals surface area contributed by atoms with Gasteiger partial charge in [0.2, 0.25) is 0 Å². The Morgan fingerprint density at radius 1 is 1.27 bits per heavy atom. The molecule has 2 nitrogen and oxygen atoms in total. The molecule has 0 fully saturated rings. The van der Waals surface area contributed by atoms with E-state index in [0.29, 0.717) is 6.61 Å². The molecule has 1 aromatic carbocycles. The monoisotopic (exact) mass is 149 g/mol. The summed E-state index contributed by atoms with van der Waals surface area (Å²) in [6, 6.07) is 3.99. The number of anilines is 1. The Labute approximate surface area is 66.0 Å². The highest BCUT2D eigenvalue weighted by Crippen LogP contribution is 2.27. The smallest absolute Gasteiger partial charge is 0.0745 e. The number of ether oxygens (including phenoxy) is 1. The number of aryl methyl sites for hydroxylation is 1. The fraction of sp³-hybridized carbons (Fsp3) is 0.333. The lowest BCUT2D eigenvalue weighted by Gasteiger charge is -2.03. The molecule has 0 aliphatic carbocycles. The lowest BCUT2D eigenvalue weighted by Crippen LogP contribution is -1.94. The first-order valence-electron chi connectivity index (χ1n) is 3.73. The molecule has 0 unspecified atom stereocenters. The Morgan fingerprint density at radius 2 is 2.00 bits per heavy atom. The van der Waals surface area contributed by atoms with Gasteiger partial charge in [-0.2, -0.15) is 0 Å². The fourth-order valence-electron chi connectivity index (χ4n) is 1.45. The molecule has 0 radical (unpaired) electrons. The highest BCUT2D eigenvalue weighted by molar-refractivity contribution is 5.54. The minimum absolute atomic E-state index is 0.683. The summed E-state index contributed by atoms with van der Waals surface area (Å²) < 4.78 is 5.30. The highest BCUT2D eigenvalue weighted by atomic mass is 16.5. The molecule has 0 bridgehead atoms. The molecule has 1 aliphatic heterocycles. The summed E-state index contributed by atoms with van der Waals surface area (Å²) in [5, 5.41) is 0. The van der Waals surface area contributed by atoms with Crippen LogP contribution in [0.2, 0.25) is 0 Å². The average Bonchev–Trinajstić information content (AvgIpc) is 2.45. The van der Waals surface area contributed by atoms with Crippen molar-refractivity contribution < 1.29 is 4.74 Å². The van der Waals surface area contributed by atoms with Gasteiger partial charge in [-0.3, -0.25) is 0 Å². The number of nitrogens with two attached hydrogens (primary N) is 1. The van der Waals surface area contributed by atoms with Crippen molar-refractivity contribution in [2.45, 2.75) is 20.1 Å². The molecule has 0 saturated carbocycles. The largest absolute Gasteiger partial charge is 0.398 e. The van der Waals surface area contributed by atoms with Crippen molar-refractivity contribution in [3.63, 3.8) is 0 Å². The Hall–Kier alpha value is -1.02. The predicted octanol–water partition coefficient (Wildman–Crippen LogP) is 1.61. The first kappa shape index (κ1) is 6.68. The number of hydrogen-bond donors (Lipinski definition) is 1. The zero-order valence-corrected chi connectivity index (χ0v) is 6.55. The first-order chi connectivity index (χ1) is 5.29. The molecule has 2 rings (SSSR count). The second-order valence-corrected chi connectivity index (χ2v) is 2.92. The molecule has 1 aromatic rings. The Kier molecular flexibility index (Phi) is 1.36. The average molecular weight is 149 g/mol. The number of fused-ring (bicyclic) bond motifs is 1. The van der Waals surface area contributed by atoms with Crippen molar-refractivity contribution in [1.29, 1.82) is 0 Å². The summed E-state index contributed by atoms with van der Waals surface area (Å²) in [4.78, 5) is 0. The van der Waals surface area contributed by atoms with Crippen LogP contribution in [0.25, 0.3) is 0 Å². The van der Waals surface area contributed by atoms with Gasteiger partial charge in [-0.25, -0.2) is 0 Å². The molecule has 1 heterocycles. The summed E-state index contributed by atoms with van der Waals surface area (Å²) in [6.45, 7) is 3.50. The molecule has 11 heavy (non-hydrogen) atoms.